The van der Waals surface area contributed by atoms with Crippen LogP contribution in [0, 0.1) is 5.92 Å². The first-order valence-corrected chi connectivity index (χ1v) is 41.1. The molecule has 92 heavy (non-hydrogen) atoms. The lowest BCUT2D eigenvalue weighted by molar-refractivity contribution is -0.161. The molecule has 0 aliphatic rings. The van der Waals surface area contributed by atoms with Crippen LogP contribution in [0.3, 0.4) is 0 Å². The molecule has 0 aromatic carbocycles. The minimum absolute atomic E-state index is 0.106. The second-order valence-electron chi connectivity index (χ2n) is 26.8. The first kappa shape index (κ1) is 90.1. The van der Waals surface area contributed by atoms with Crippen molar-refractivity contribution < 1.29 is 80.2 Å². The molecule has 5 atom stereocenters. The van der Waals surface area contributed by atoms with Crippen molar-refractivity contribution >= 4 is 39.5 Å². The van der Waals surface area contributed by atoms with Gasteiger partial charge in [-0.3, -0.25) is 37.3 Å². The van der Waals surface area contributed by atoms with Crippen LogP contribution in [-0.2, 0) is 65.4 Å². The maximum atomic E-state index is 13.1. The average molecular weight is 1350 g/mol. The highest BCUT2D eigenvalue weighted by Gasteiger charge is 2.30. The summed E-state index contributed by atoms with van der Waals surface area (Å²) in [5.74, 6) is -1.38. The summed E-state index contributed by atoms with van der Waals surface area (Å²) in [5.41, 5.74) is 0. The van der Waals surface area contributed by atoms with Gasteiger partial charge in [0.2, 0.25) is 0 Å². The van der Waals surface area contributed by atoms with Gasteiger partial charge in [-0.05, 0) is 31.6 Å². The van der Waals surface area contributed by atoms with E-state index in [9.17, 15) is 43.2 Å². The topological polar surface area (TPSA) is 237 Å². The molecule has 19 heteroatoms. The third-order valence-corrected chi connectivity index (χ3v) is 18.9. The number of esters is 4. The summed E-state index contributed by atoms with van der Waals surface area (Å²) in [5, 5.41) is 10.6. The number of phosphoric acid groups is 2. The molecule has 0 radical (unpaired) electrons. The Morgan fingerprint density at radius 2 is 0.500 bits per heavy atom. The Morgan fingerprint density at radius 1 is 0.293 bits per heavy atom. The highest BCUT2D eigenvalue weighted by Crippen LogP contribution is 2.45. The Bertz CT molecular complexity index is 1770. The van der Waals surface area contributed by atoms with Crippen LogP contribution in [-0.4, -0.2) is 96.7 Å². The minimum atomic E-state index is -4.95. The molecular formula is C73H142O17P2. The summed E-state index contributed by atoms with van der Waals surface area (Å²) in [6.45, 7) is 7.26. The minimum Gasteiger partial charge on any atom is -0.462 e. The number of phosphoric ester groups is 2. The van der Waals surface area contributed by atoms with Crippen molar-refractivity contribution in [1.82, 2.24) is 0 Å². The van der Waals surface area contributed by atoms with E-state index in [1.807, 2.05) is 0 Å². The summed E-state index contributed by atoms with van der Waals surface area (Å²) in [6.07, 6.45) is 53.9. The number of ether oxygens (including phenoxy) is 4. The van der Waals surface area contributed by atoms with Crippen LogP contribution in [0.5, 0.6) is 0 Å². The van der Waals surface area contributed by atoms with Crippen molar-refractivity contribution in [2.45, 2.75) is 400 Å². The molecule has 0 aromatic heterocycles. The Kier molecular flexibility index (Phi) is 64.9. The highest BCUT2D eigenvalue weighted by molar-refractivity contribution is 7.47. The fourth-order valence-electron chi connectivity index (χ4n) is 11.2. The molecule has 0 fully saturated rings. The van der Waals surface area contributed by atoms with Crippen LogP contribution in [0.15, 0.2) is 0 Å². The van der Waals surface area contributed by atoms with Crippen LogP contribution in [0.1, 0.15) is 381 Å². The molecule has 0 bridgehead atoms. The van der Waals surface area contributed by atoms with E-state index >= 15 is 0 Å². The highest BCUT2D eigenvalue weighted by atomic mass is 31.2. The second-order valence-corrected chi connectivity index (χ2v) is 29.7. The lowest BCUT2D eigenvalue weighted by Crippen LogP contribution is -2.30. The fraction of sp³-hybridized carbons (Fsp3) is 0.945. The molecule has 0 saturated carbocycles. The zero-order chi connectivity index (χ0) is 67.7. The molecule has 0 heterocycles. The van der Waals surface area contributed by atoms with E-state index < -0.39 is 97.5 Å². The zero-order valence-corrected chi connectivity index (χ0v) is 61.5. The Labute approximate surface area is 562 Å². The number of carbonyl (C=O) groups excluding carboxylic acids is 4. The monoisotopic (exact) mass is 1350 g/mol. The summed E-state index contributed by atoms with van der Waals surface area (Å²) < 4.78 is 68.4. The number of hydrogen-bond acceptors (Lipinski definition) is 15. The molecule has 0 rings (SSSR count). The molecule has 2 unspecified atom stereocenters. The first-order valence-electron chi connectivity index (χ1n) is 38.1. The summed E-state index contributed by atoms with van der Waals surface area (Å²) >= 11 is 0. The van der Waals surface area contributed by atoms with Crippen LogP contribution in [0.4, 0.5) is 0 Å². The Morgan fingerprint density at radius 3 is 0.739 bits per heavy atom. The smallest absolute Gasteiger partial charge is 0.462 e. The quantitative estimate of drug-likeness (QED) is 0.0222. The van der Waals surface area contributed by atoms with Gasteiger partial charge in [-0.2, -0.15) is 0 Å². The standard InChI is InChI=1S/C73H142O17P2/c1-6-9-12-15-18-21-24-27-28-30-33-38-43-48-53-58-72(77)89-68(62-84-71(76)57-52-47-42-37-32-29-25-22-19-16-13-10-7-2)64-87-91(79,80)85-60-67(74)61-86-92(81,82)88-65-69(90-73(78)59-54-49-44-39-34-35-40-45-50-55-66(4)5)63-83-70(75)56-51-46-41-36-31-26-23-20-17-14-11-8-3/h66-69,74H,6-65H2,1-5H3,(H,79,80)(H,81,82)/t67-,68-,69-/m1/s1. The van der Waals surface area contributed by atoms with Gasteiger partial charge in [-0.25, -0.2) is 9.13 Å². The Hall–Kier alpha value is -1.94. The summed E-state index contributed by atoms with van der Waals surface area (Å²) in [6, 6.07) is 0. The number of aliphatic hydroxyl groups is 1. The number of rotatable bonds is 73. The van der Waals surface area contributed by atoms with Crippen LogP contribution >= 0.6 is 15.6 Å². The molecule has 0 aliphatic heterocycles. The second kappa shape index (κ2) is 66.3. The summed E-state index contributed by atoms with van der Waals surface area (Å²) in [7, 11) is -9.90. The van der Waals surface area contributed by atoms with E-state index in [4.69, 9.17) is 37.0 Å². The normalized spacial score (nSPS) is 14.0. The SMILES string of the molecule is CCCCCCCCCCCCCCCCCC(=O)O[C@H](COC(=O)CCCCCCCCCCCCCCC)COP(=O)(O)OC[C@@H](O)COP(=O)(O)OC[C@@H](COC(=O)CCCCCCCCCCCCCC)OC(=O)CCCCCCCCCCCC(C)C. The molecule has 0 aliphatic carbocycles. The molecule has 17 nitrogen and oxygen atoms in total. The van der Waals surface area contributed by atoms with Crippen molar-refractivity contribution in [3.8, 4) is 0 Å². The maximum Gasteiger partial charge on any atom is 0.472 e. The van der Waals surface area contributed by atoms with E-state index in [1.165, 1.54) is 205 Å². The van der Waals surface area contributed by atoms with Crippen LogP contribution < -0.4 is 0 Å². The predicted octanol–water partition coefficient (Wildman–Crippen LogP) is 21.3. The number of hydrogen-bond donors (Lipinski definition) is 3. The van der Waals surface area contributed by atoms with E-state index in [0.29, 0.717) is 25.7 Å². The van der Waals surface area contributed by atoms with E-state index in [1.54, 1.807) is 0 Å². The largest absolute Gasteiger partial charge is 0.472 e. The molecule has 0 saturated heterocycles. The van der Waals surface area contributed by atoms with E-state index in [2.05, 4.69) is 34.6 Å². The van der Waals surface area contributed by atoms with Crippen molar-refractivity contribution in [3.05, 3.63) is 0 Å². The Balaban J connectivity index is 5.26. The number of unbranched alkanes of at least 4 members (excludes halogenated alkanes) is 45. The van der Waals surface area contributed by atoms with Crippen molar-refractivity contribution in [1.29, 1.82) is 0 Å². The summed E-state index contributed by atoms with van der Waals surface area (Å²) in [4.78, 5) is 72.7. The molecule has 0 amide bonds. The van der Waals surface area contributed by atoms with Crippen molar-refractivity contribution in [2.24, 2.45) is 5.92 Å². The van der Waals surface area contributed by atoms with Gasteiger partial charge in [0.15, 0.2) is 12.2 Å². The van der Waals surface area contributed by atoms with Gasteiger partial charge < -0.3 is 33.8 Å². The third kappa shape index (κ3) is 66.7. The lowest BCUT2D eigenvalue weighted by atomic mass is 10.0. The van der Waals surface area contributed by atoms with Crippen LogP contribution in [0.25, 0.3) is 0 Å². The fourth-order valence-corrected chi connectivity index (χ4v) is 12.8. The van der Waals surface area contributed by atoms with Gasteiger partial charge in [0, 0.05) is 25.7 Å². The third-order valence-electron chi connectivity index (χ3n) is 17.0. The van der Waals surface area contributed by atoms with Gasteiger partial charge in [0.25, 0.3) is 0 Å². The van der Waals surface area contributed by atoms with E-state index in [-0.39, 0.29) is 25.7 Å². The average Bonchev–Trinajstić information content (AvgIpc) is 1.52. The van der Waals surface area contributed by atoms with Crippen LogP contribution in [0.2, 0.25) is 0 Å². The maximum absolute atomic E-state index is 13.1. The molecular weight excluding hydrogens is 1210 g/mol. The molecule has 3 N–H and O–H groups in total. The number of aliphatic hydroxyl groups excluding tert-OH is 1. The van der Waals surface area contributed by atoms with Gasteiger partial charge >= 0.3 is 39.5 Å². The van der Waals surface area contributed by atoms with Crippen molar-refractivity contribution in [2.75, 3.05) is 39.6 Å². The van der Waals surface area contributed by atoms with Gasteiger partial charge in [0.1, 0.15) is 19.3 Å². The number of carbonyl (C=O) groups is 4. The van der Waals surface area contributed by atoms with Gasteiger partial charge in [-0.1, -0.05) is 330 Å². The molecule has 0 spiro atoms. The first-order chi connectivity index (χ1) is 44.5. The van der Waals surface area contributed by atoms with Crippen molar-refractivity contribution in [3.63, 3.8) is 0 Å². The molecule has 0 aromatic rings. The lowest BCUT2D eigenvalue weighted by Gasteiger charge is -2.21. The molecule has 546 valence electrons. The zero-order valence-electron chi connectivity index (χ0n) is 59.7. The van der Waals surface area contributed by atoms with E-state index in [0.717, 1.165) is 95.8 Å². The van der Waals surface area contributed by atoms with Gasteiger partial charge in [-0.15, -0.1) is 0 Å². The predicted molar refractivity (Wildman–Crippen MR) is 372 cm³/mol. The van der Waals surface area contributed by atoms with Gasteiger partial charge in [0.05, 0.1) is 26.4 Å².